The van der Waals surface area contributed by atoms with Crippen molar-refractivity contribution in [3.63, 3.8) is 0 Å². The molecule has 0 spiro atoms. The molecule has 0 unspecified atom stereocenters. The maximum absolute atomic E-state index is 14.5. The van der Waals surface area contributed by atoms with Crippen molar-refractivity contribution in [3.8, 4) is 5.75 Å². The Balaban J connectivity index is 1.55. The van der Waals surface area contributed by atoms with Gasteiger partial charge in [0.25, 0.3) is 0 Å². The van der Waals surface area contributed by atoms with Crippen molar-refractivity contribution < 1.29 is 47.9 Å². The summed E-state index contributed by atoms with van der Waals surface area (Å²) in [5, 5.41) is 16.2. The number of aliphatic imine (C=N–C) groups is 1. The molecule has 3 aromatic carbocycles. The minimum absolute atomic E-state index is 0.0181. The maximum Gasteiger partial charge on any atom is 0.245 e. The van der Waals surface area contributed by atoms with E-state index in [1.807, 2.05) is 13.0 Å². The Morgan fingerprint density at radius 1 is 0.636 bits per heavy atom. The lowest BCUT2D eigenvalue weighted by Gasteiger charge is -2.31. The fourth-order valence-electron chi connectivity index (χ4n) is 8.73. The number of amides is 9. The van der Waals surface area contributed by atoms with E-state index in [0.29, 0.717) is 49.2 Å². The Labute approximate surface area is 449 Å². The number of hydrogen-bond donors (Lipinski definition) is 11. The van der Waals surface area contributed by atoms with E-state index in [1.54, 1.807) is 92.7 Å². The summed E-state index contributed by atoms with van der Waals surface area (Å²) in [6.45, 7) is 6.18. The Hall–Kier alpha value is -8.08. The lowest BCUT2D eigenvalue weighted by atomic mass is 9.99. The number of rotatable bonds is 32. The average Bonchev–Trinajstić information content (AvgIpc) is 3.89. The van der Waals surface area contributed by atoms with Gasteiger partial charge in [0.15, 0.2) is 5.96 Å². The van der Waals surface area contributed by atoms with Crippen LogP contribution in [0.25, 0.3) is 0 Å². The number of primary amides is 2. The summed E-state index contributed by atoms with van der Waals surface area (Å²) in [5.74, 6) is -6.90. The van der Waals surface area contributed by atoms with Gasteiger partial charge in [0.1, 0.15) is 48.0 Å². The standard InChI is InChI=1S/C54H77N13O10/c1-4-77-37-24-22-36(23-25-37)30-40(61-45(69)31-35-17-9-6-10-18-35)48(71)64-41(29-34-15-7-5-8-16-34)50(73)66-46(33(2)3)52(75)65-42(32-44(56)68)49(72)63-39(19-11-12-26-55)53(76)67-28-14-21-43(67)51(74)62-38(47(57)70)20-13-27-60-54(58)59/h5-10,15-18,22-25,33,38-43,46H,4,11-14,19-21,26-32,55H2,1-3H3,(H2,56,68)(H2,57,70)(H,61,69)(H,62,74)(H,63,72)(H,64,71)(H,65,75)(H,66,73)(H4,58,59,60)/t38-,39-,40+,41-,42-,43+,46-/m0/s1. The Bertz CT molecular complexity index is 2480. The predicted molar refractivity (Wildman–Crippen MR) is 289 cm³/mol. The molecule has 4 rings (SSSR count). The number of nitrogens with one attached hydrogen (secondary N) is 6. The van der Waals surface area contributed by atoms with Gasteiger partial charge in [0.2, 0.25) is 53.2 Å². The van der Waals surface area contributed by atoms with E-state index in [-0.39, 0.29) is 64.1 Å². The van der Waals surface area contributed by atoms with Gasteiger partial charge < -0.3 is 70.2 Å². The highest BCUT2D eigenvalue weighted by molar-refractivity contribution is 5.99. The van der Waals surface area contributed by atoms with Crippen LogP contribution >= 0.6 is 0 Å². The van der Waals surface area contributed by atoms with Crippen LogP contribution in [0.15, 0.2) is 89.9 Å². The smallest absolute Gasteiger partial charge is 0.245 e. The van der Waals surface area contributed by atoms with Crippen LogP contribution in [0.1, 0.15) is 88.8 Å². The highest BCUT2D eigenvalue weighted by atomic mass is 16.5. The second-order valence-electron chi connectivity index (χ2n) is 19.2. The van der Waals surface area contributed by atoms with E-state index >= 15 is 0 Å². The molecule has 9 amide bonds. The molecule has 1 aliphatic heterocycles. The van der Waals surface area contributed by atoms with Gasteiger partial charge in [-0.25, -0.2) is 0 Å². The molecule has 23 heteroatoms. The summed E-state index contributed by atoms with van der Waals surface area (Å²) < 4.78 is 5.58. The number of carbonyl (C=O) groups is 9. The largest absolute Gasteiger partial charge is 0.494 e. The van der Waals surface area contributed by atoms with Gasteiger partial charge >= 0.3 is 0 Å². The Morgan fingerprint density at radius 3 is 1.78 bits per heavy atom. The molecular weight excluding hydrogens is 991 g/mol. The van der Waals surface area contributed by atoms with E-state index in [2.05, 4.69) is 36.9 Å². The van der Waals surface area contributed by atoms with E-state index in [0.717, 1.165) is 5.56 Å². The topological polar surface area (TPSA) is 381 Å². The molecule has 16 N–H and O–H groups in total. The minimum Gasteiger partial charge on any atom is -0.494 e. The van der Waals surface area contributed by atoms with Crippen molar-refractivity contribution >= 4 is 59.1 Å². The lowest BCUT2D eigenvalue weighted by Crippen LogP contribution is -2.61. The van der Waals surface area contributed by atoms with Crippen molar-refractivity contribution in [3.05, 3.63) is 102 Å². The molecule has 0 aliphatic carbocycles. The van der Waals surface area contributed by atoms with Gasteiger partial charge in [-0.3, -0.25) is 48.1 Å². The number of hydrogen-bond acceptors (Lipinski definition) is 12. The summed E-state index contributed by atoms with van der Waals surface area (Å²) in [4.78, 5) is 129. The fraction of sp³-hybridized carbons (Fsp3) is 0.481. The van der Waals surface area contributed by atoms with Crippen molar-refractivity contribution in [1.82, 2.24) is 36.8 Å². The molecule has 1 fully saturated rings. The number of unbranched alkanes of at least 4 members (excludes halogenated alkanes) is 1. The zero-order valence-electron chi connectivity index (χ0n) is 44.2. The second kappa shape index (κ2) is 31.7. The highest BCUT2D eigenvalue weighted by Gasteiger charge is 2.40. The Kier molecular flexibility index (Phi) is 25.3. The van der Waals surface area contributed by atoms with Crippen LogP contribution in [-0.4, -0.2) is 133 Å². The molecule has 3 aromatic rings. The summed E-state index contributed by atoms with van der Waals surface area (Å²) >= 11 is 0. The molecule has 0 aromatic heterocycles. The SMILES string of the molecule is CCOc1ccc(C[C@@H](NC(=O)Cc2ccccc2)C(=O)N[C@@H](Cc2ccccc2)C(=O)N[C@H](C(=O)N[C@@H](CC(N)=O)C(=O)N[C@@H](CCCCN)C(=O)N2CCC[C@@H]2C(=O)N[C@@H](CCCN=C(N)N)C(N)=O)C(C)C)cc1. The molecular formula is C54H77N13O10. The van der Waals surface area contributed by atoms with Gasteiger partial charge in [-0.1, -0.05) is 86.6 Å². The van der Waals surface area contributed by atoms with Crippen LogP contribution in [0.3, 0.4) is 0 Å². The zero-order valence-corrected chi connectivity index (χ0v) is 44.2. The highest BCUT2D eigenvalue weighted by Crippen LogP contribution is 2.21. The molecule has 7 atom stereocenters. The first kappa shape index (κ1) is 61.5. The number of guanidine groups is 1. The number of carbonyl (C=O) groups excluding carboxylic acids is 9. The van der Waals surface area contributed by atoms with E-state index in [4.69, 9.17) is 33.4 Å². The number of likely N-dealkylation sites (tertiary alicyclic amines) is 1. The van der Waals surface area contributed by atoms with Gasteiger partial charge in [-0.15, -0.1) is 0 Å². The number of nitrogens with zero attached hydrogens (tertiary/aromatic N) is 2. The summed E-state index contributed by atoms with van der Waals surface area (Å²) in [6, 6.07) is 16.1. The van der Waals surface area contributed by atoms with E-state index in [9.17, 15) is 43.2 Å². The van der Waals surface area contributed by atoms with Crippen LogP contribution in [0.5, 0.6) is 5.75 Å². The van der Waals surface area contributed by atoms with Crippen LogP contribution in [0.2, 0.25) is 0 Å². The molecule has 0 bridgehead atoms. The van der Waals surface area contributed by atoms with Crippen molar-refractivity contribution in [2.45, 2.75) is 134 Å². The van der Waals surface area contributed by atoms with Crippen molar-refractivity contribution in [2.75, 3.05) is 26.2 Å². The first-order chi connectivity index (χ1) is 36.8. The molecule has 77 heavy (non-hydrogen) atoms. The molecule has 0 saturated carbocycles. The molecule has 1 aliphatic rings. The van der Waals surface area contributed by atoms with Crippen LogP contribution in [0, 0.1) is 5.92 Å². The van der Waals surface area contributed by atoms with Crippen LogP contribution in [-0.2, 0) is 62.4 Å². The van der Waals surface area contributed by atoms with Gasteiger partial charge in [-0.2, -0.15) is 0 Å². The Morgan fingerprint density at radius 2 is 1.19 bits per heavy atom. The first-order valence-corrected chi connectivity index (χ1v) is 26.0. The number of benzene rings is 3. The number of ether oxygens (including phenoxy) is 1. The maximum atomic E-state index is 14.5. The van der Waals surface area contributed by atoms with Gasteiger partial charge in [0.05, 0.1) is 19.4 Å². The van der Waals surface area contributed by atoms with Gasteiger partial charge in [0, 0.05) is 25.9 Å². The molecule has 1 heterocycles. The van der Waals surface area contributed by atoms with Crippen LogP contribution in [0.4, 0.5) is 0 Å². The summed E-state index contributed by atoms with van der Waals surface area (Å²) in [6.07, 6.45) is 1.31. The third-order valence-corrected chi connectivity index (χ3v) is 12.7. The number of nitrogens with two attached hydrogens (primary N) is 5. The normalized spacial score (nSPS) is 15.3. The van der Waals surface area contributed by atoms with Gasteiger partial charge in [-0.05, 0) is 93.2 Å². The quantitative estimate of drug-likeness (QED) is 0.0208. The monoisotopic (exact) mass is 1070 g/mol. The summed E-state index contributed by atoms with van der Waals surface area (Å²) in [5.41, 5.74) is 29.8. The lowest BCUT2D eigenvalue weighted by molar-refractivity contribution is -0.142. The van der Waals surface area contributed by atoms with Crippen molar-refractivity contribution in [2.24, 2.45) is 39.6 Å². The van der Waals surface area contributed by atoms with Crippen molar-refractivity contribution in [1.29, 1.82) is 0 Å². The molecule has 23 nitrogen and oxygen atoms in total. The second-order valence-corrected chi connectivity index (χ2v) is 19.2. The van der Waals surface area contributed by atoms with E-state index < -0.39 is 108 Å². The average molecular weight is 1070 g/mol. The zero-order chi connectivity index (χ0) is 56.4. The van der Waals surface area contributed by atoms with Crippen LogP contribution < -0.4 is 65.3 Å². The molecule has 418 valence electrons. The third-order valence-electron chi connectivity index (χ3n) is 12.7. The predicted octanol–water partition coefficient (Wildman–Crippen LogP) is -0.788. The molecule has 0 radical (unpaired) electrons. The fourth-order valence-corrected chi connectivity index (χ4v) is 8.73. The van der Waals surface area contributed by atoms with E-state index in [1.165, 1.54) is 4.90 Å². The molecule has 1 saturated heterocycles. The summed E-state index contributed by atoms with van der Waals surface area (Å²) in [7, 11) is 0. The minimum atomic E-state index is -1.64. The third kappa shape index (κ3) is 20.9. The first-order valence-electron chi connectivity index (χ1n) is 26.0.